The van der Waals surface area contributed by atoms with Crippen LogP contribution in [0.25, 0.3) is 0 Å². The predicted molar refractivity (Wildman–Crippen MR) is 184 cm³/mol. The number of nitrogens with one attached hydrogen (secondary N) is 2. The zero-order valence-corrected chi connectivity index (χ0v) is 28.8. The van der Waals surface area contributed by atoms with Crippen LogP contribution in [0.2, 0.25) is 0 Å². The molecule has 0 aromatic heterocycles. The number of carbonyl (C=O) groups excluding carboxylic acids is 3. The standard InChI is InChI=1S/C38H51N3O5/c1-24(2)14-15-28(6)41(36(44)33(40-37(45)46-38(7,8)9)23-29-16-18-31(42)19-17-29)34(30-21-25(3)20-26(4)22-30)35(43)39-32-13-11-10-12-27(32)5/h10-13,16-22,24,28,33-34,42H,14-15,23H2,1-9H3,(H,39,43)(H,40,45). The quantitative estimate of drug-likeness (QED) is 0.190. The van der Waals surface area contributed by atoms with Crippen molar-refractivity contribution in [3.05, 3.63) is 94.5 Å². The minimum Gasteiger partial charge on any atom is -0.508 e. The SMILES string of the molecule is Cc1cc(C)cc(C(C(=O)Nc2ccccc2C)N(C(=O)C(Cc2ccc(O)cc2)NC(=O)OC(C)(C)C)C(C)CCC(C)C)c1. The molecular formula is C38H51N3O5. The highest BCUT2D eigenvalue weighted by Crippen LogP contribution is 2.31. The number of rotatable bonds is 12. The molecule has 0 saturated heterocycles. The van der Waals surface area contributed by atoms with Crippen LogP contribution in [0.4, 0.5) is 10.5 Å². The number of alkyl carbamates (subject to hydrolysis) is 1. The molecule has 3 atom stereocenters. The summed E-state index contributed by atoms with van der Waals surface area (Å²) in [5.41, 5.74) is 4.14. The summed E-state index contributed by atoms with van der Waals surface area (Å²) in [7, 11) is 0. The van der Waals surface area contributed by atoms with E-state index in [2.05, 4.69) is 24.5 Å². The lowest BCUT2D eigenvalue weighted by molar-refractivity contribution is -0.143. The van der Waals surface area contributed by atoms with E-state index in [9.17, 15) is 19.5 Å². The van der Waals surface area contributed by atoms with Gasteiger partial charge in [0.15, 0.2) is 0 Å². The van der Waals surface area contributed by atoms with E-state index in [4.69, 9.17) is 4.74 Å². The van der Waals surface area contributed by atoms with Crippen LogP contribution >= 0.6 is 0 Å². The first-order valence-electron chi connectivity index (χ1n) is 16.1. The zero-order chi connectivity index (χ0) is 34.2. The van der Waals surface area contributed by atoms with E-state index in [0.29, 0.717) is 23.6 Å². The number of anilines is 1. The summed E-state index contributed by atoms with van der Waals surface area (Å²) in [5, 5.41) is 15.8. The van der Waals surface area contributed by atoms with Gasteiger partial charge in [0.2, 0.25) is 5.91 Å². The van der Waals surface area contributed by atoms with Crippen LogP contribution in [-0.4, -0.2) is 45.6 Å². The lowest BCUT2D eigenvalue weighted by atomic mass is 9.94. The highest BCUT2D eigenvalue weighted by Gasteiger charge is 2.39. The number of phenolic OH excluding ortho intramolecular Hbond substituents is 1. The molecule has 46 heavy (non-hydrogen) atoms. The number of para-hydroxylation sites is 1. The second-order valence-electron chi connectivity index (χ2n) is 13.8. The molecule has 0 radical (unpaired) electrons. The largest absolute Gasteiger partial charge is 0.508 e. The van der Waals surface area contributed by atoms with Crippen LogP contribution in [0.1, 0.15) is 88.2 Å². The van der Waals surface area contributed by atoms with Gasteiger partial charge in [-0.2, -0.15) is 0 Å². The number of nitrogens with zero attached hydrogens (tertiary/aromatic N) is 1. The molecule has 0 fully saturated rings. The zero-order valence-electron chi connectivity index (χ0n) is 28.8. The number of amides is 3. The minimum atomic E-state index is -1.06. The Morgan fingerprint density at radius 3 is 2.04 bits per heavy atom. The van der Waals surface area contributed by atoms with Crippen LogP contribution in [0.5, 0.6) is 5.75 Å². The van der Waals surface area contributed by atoms with Crippen molar-refractivity contribution in [2.75, 3.05) is 5.32 Å². The van der Waals surface area contributed by atoms with Gasteiger partial charge in [-0.05, 0) is 102 Å². The molecule has 248 valence electrons. The Bertz CT molecular complexity index is 1470. The van der Waals surface area contributed by atoms with E-state index in [0.717, 1.165) is 28.7 Å². The number of ether oxygens (including phenoxy) is 1. The van der Waals surface area contributed by atoms with Crippen molar-refractivity contribution in [2.45, 2.75) is 105 Å². The Morgan fingerprint density at radius 1 is 0.870 bits per heavy atom. The Labute approximate surface area is 274 Å². The fourth-order valence-electron chi connectivity index (χ4n) is 5.53. The normalized spacial score (nSPS) is 13.4. The van der Waals surface area contributed by atoms with Gasteiger partial charge in [-0.15, -0.1) is 0 Å². The summed E-state index contributed by atoms with van der Waals surface area (Å²) in [4.78, 5) is 44.2. The molecule has 3 aromatic rings. The van der Waals surface area contributed by atoms with Gasteiger partial charge < -0.3 is 25.4 Å². The Kier molecular flexibility index (Phi) is 12.4. The van der Waals surface area contributed by atoms with Gasteiger partial charge in [-0.25, -0.2) is 4.79 Å². The number of hydrogen-bond acceptors (Lipinski definition) is 5. The maximum atomic E-state index is 14.9. The highest BCUT2D eigenvalue weighted by molar-refractivity contribution is 5.99. The minimum absolute atomic E-state index is 0.0958. The third-order valence-corrected chi connectivity index (χ3v) is 7.75. The van der Waals surface area contributed by atoms with Gasteiger partial charge in [0.05, 0.1) is 0 Å². The maximum Gasteiger partial charge on any atom is 0.408 e. The van der Waals surface area contributed by atoms with Gasteiger partial charge in [0, 0.05) is 18.2 Å². The molecule has 3 aromatic carbocycles. The molecule has 3 rings (SSSR count). The third kappa shape index (κ3) is 10.6. The van der Waals surface area contributed by atoms with Crippen molar-refractivity contribution < 1.29 is 24.2 Å². The predicted octanol–water partition coefficient (Wildman–Crippen LogP) is 7.79. The summed E-state index contributed by atoms with van der Waals surface area (Å²) in [6, 6.07) is 17.6. The summed E-state index contributed by atoms with van der Waals surface area (Å²) in [6.07, 6.45) is 0.893. The molecule has 0 spiro atoms. The average Bonchev–Trinajstić information content (AvgIpc) is 2.94. The summed E-state index contributed by atoms with van der Waals surface area (Å²) in [6.45, 7) is 17.4. The smallest absolute Gasteiger partial charge is 0.408 e. The van der Waals surface area contributed by atoms with Crippen molar-refractivity contribution in [3.8, 4) is 5.75 Å². The number of carbonyl (C=O) groups is 3. The summed E-state index contributed by atoms with van der Waals surface area (Å²) in [5.74, 6) is -0.269. The fourth-order valence-corrected chi connectivity index (χ4v) is 5.53. The van der Waals surface area contributed by atoms with Gasteiger partial charge in [0.1, 0.15) is 23.4 Å². The second-order valence-corrected chi connectivity index (χ2v) is 13.8. The molecule has 3 unspecified atom stereocenters. The Balaban J connectivity index is 2.18. The molecule has 8 heteroatoms. The van der Waals surface area contributed by atoms with E-state index < -0.39 is 29.7 Å². The topological polar surface area (TPSA) is 108 Å². The molecule has 0 heterocycles. The number of phenols is 1. The van der Waals surface area contributed by atoms with Crippen molar-refractivity contribution in [1.82, 2.24) is 10.2 Å². The van der Waals surface area contributed by atoms with Gasteiger partial charge in [-0.1, -0.05) is 73.5 Å². The van der Waals surface area contributed by atoms with E-state index in [-0.39, 0.29) is 24.1 Å². The van der Waals surface area contributed by atoms with Crippen molar-refractivity contribution in [2.24, 2.45) is 5.92 Å². The molecule has 8 nitrogen and oxygen atoms in total. The number of aromatic hydroxyl groups is 1. The lowest BCUT2D eigenvalue weighted by Gasteiger charge is -2.39. The van der Waals surface area contributed by atoms with E-state index in [1.807, 2.05) is 70.2 Å². The first-order chi connectivity index (χ1) is 21.5. The third-order valence-electron chi connectivity index (χ3n) is 7.75. The molecule has 0 aliphatic rings. The number of benzene rings is 3. The molecular weight excluding hydrogens is 578 g/mol. The summed E-state index contributed by atoms with van der Waals surface area (Å²) < 4.78 is 5.57. The highest BCUT2D eigenvalue weighted by atomic mass is 16.6. The van der Waals surface area contributed by atoms with Crippen LogP contribution in [0, 0.1) is 26.7 Å². The van der Waals surface area contributed by atoms with Gasteiger partial charge in [-0.3, -0.25) is 9.59 Å². The van der Waals surface area contributed by atoms with Crippen LogP contribution in [-0.2, 0) is 20.7 Å². The fraction of sp³-hybridized carbons (Fsp3) is 0.447. The average molecular weight is 630 g/mol. The monoisotopic (exact) mass is 629 g/mol. The molecule has 0 aliphatic heterocycles. The molecule has 0 bridgehead atoms. The Morgan fingerprint density at radius 2 is 1.48 bits per heavy atom. The molecule has 3 amide bonds. The van der Waals surface area contributed by atoms with E-state index in [1.165, 1.54) is 0 Å². The van der Waals surface area contributed by atoms with Gasteiger partial charge >= 0.3 is 6.09 Å². The van der Waals surface area contributed by atoms with Crippen molar-refractivity contribution in [1.29, 1.82) is 0 Å². The van der Waals surface area contributed by atoms with Crippen molar-refractivity contribution in [3.63, 3.8) is 0 Å². The lowest BCUT2D eigenvalue weighted by Crippen LogP contribution is -2.55. The van der Waals surface area contributed by atoms with E-state index >= 15 is 0 Å². The molecule has 3 N–H and O–H groups in total. The summed E-state index contributed by atoms with van der Waals surface area (Å²) >= 11 is 0. The maximum absolute atomic E-state index is 14.9. The van der Waals surface area contributed by atoms with Crippen LogP contribution < -0.4 is 10.6 Å². The number of aryl methyl sites for hydroxylation is 3. The van der Waals surface area contributed by atoms with Gasteiger partial charge in [0.25, 0.3) is 5.91 Å². The van der Waals surface area contributed by atoms with Crippen LogP contribution in [0.15, 0.2) is 66.7 Å². The molecule has 0 saturated carbocycles. The second kappa shape index (κ2) is 15.8. The number of hydrogen-bond donors (Lipinski definition) is 3. The first kappa shape index (κ1) is 36.1. The van der Waals surface area contributed by atoms with E-state index in [1.54, 1.807) is 49.9 Å². The Hall–Kier alpha value is -4.33. The first-order valence-corrected chi connectivity index (χ1v) is 16.1. The molecule has 0 aliphatic carbocycles. The van der Waals surface area contributed by atoms with Crippen molar-refractivity contribution >= 4 is 23.6 Å². The van der Waals surface area contributed by atoms with Crippen LogP contribution in [0.3, 0.4) is 0 Å².